The van der Waals surface area contributed by atoms with Crippen molar-refractivity contribution in [2.45, 2.75) is 20.3 Å². The summed E-state index contributed by atoms with van der Waals surface area (Å²) in [5.74, 6) is -1.28. The quantitative estimate of drug-likeness (QED) is 0.491. The third-order valence-electron chi connectivity index (χ3n) is 3.74. The molecule has 0 aromatic heterocycles. The molecule has 2 aromatic carbocycles. The van der Waals surface area contributed by atoms with Crippen LogP contribution in [0, 0.1) is 18.3 Å². The summed E-state index contributed by atoms with van der Waals surface area (Å²) >= 11 is 0. The van der Waals surface area contributed by atoms with Crippen molar-refractivity contribution in [3.8, 4) is 6.07 Å². The molecule has 26 heavy (non-hydrogen) atoms. The molecular weight excluding hydrogens is 328 g/mol. The van der Waals surface area contributed by atoms with Gasteiger partial charge in [-0.05, 0) is 36.6 Å². The van der Waals surface area contributed by atoms with E-state index in [9.17, 15) is 9.59 Å². The molecule has 0 fully saturated rings. The van der Waals surface area contributed by atoms with Gasteiger partial charge in [0.15, 0.2) is 6.61 Å². The molecule has 1 amide bonds. The topological polar surface area (TPSA) is 79.2 Å². The molecule has 0 atom stereocenters. The first-order chi connectivity index (χ1) is 12.5. The molecule has 5 nitrogen and oxygen atoms in total. The molecule has 0 radical (unpaired) electrons. The Hall–Kier alpha value is -3.39. The molecule has 0 spiro atoms. The highest BCUT2D eigenvalue weighted by Crippen LogP contribution is 2.15. The number of aryl methyl sites for hydroxylation is 2. The molecule has 0 saturated carbocycles. The van der Waals surface area contributed by atoms with Gasteiger partial charge in [0.05, 0.1) is 0 Å². The maximum Gasteiger partial charge on any atom is 0.349 e. The van der Waals surface area contributed by atoms with Gasteiger partial charge in [-0.25, -0.2) is 4.79 Å². The van der Waals surface area contributed by atoms with E-state index in [-0.39, 0.29) is 5.57 Å². The number of benzene rings is 2. The van der Waals surface area contributed by atoms with Gasteiger partial charge >= 0.3 is 5.97 Å². The van der Waals surface area contributed by atoms with Crippen molar-refractivity contribution >= 4 is 23.6 Å². The van der Waals surface area contributed by atoms with E-state index >= 15 is 0 Å². The smallest absolute Gasteiger partial charge is 0.349 e. The Morgan fingerprint density at radius 3 is 2.50 bits per heavy atom. The summed E-state index contributed by atoms with van der Waals surface area (Å²) in [6, 6.07) is 16.6. The van der Waals surface area contributed by atoms with E-state index in [1.54, 1.807) is 18.2 Å². The number of rotatable bonds is 6. The van der Waals surface area contributed by atoms with Gasteiger partial charge in [-0.15, -0.1) is 0 Å². The Labute approximate surface area is 152 Å². The molecule has 0 saturated heterocycles. The minimum absolute atomic E-state index is 0.157. The molecule has 0 aliphatic heterocycles. The zero-order chi connectivity index (χ0) is 18.9. The monoisotopic (exact) mass is 348 g/mol. The molecule has 0 aliphatic rings. The van der Waals surface area contributed by atoms with Crippen molar-refractivity contribution in [3.05, 3.63) is 70.8 Å². The van der Waals surface area contributed by atoms with Gasteiger partial charge in [0, 0.05) is 5.69 Å². The van der Waals surface area contributed by atoms with Gasteiger partial charge < -0.3 is 10.1 Å². The molecule has 2 rings (SSSR count). The highest BCUT2D eigenvalue weighted by atomic mass is 16.5. The summed E-state index contributed by atoms with van der Waals surface area (Å²) in [6.45, 7) is 3.48. The second-order valence-electron chi connectivity index (χ2n) is 5.72. The number of nitriles is 1. The van der Waals surface area contributed by atoms with Crippen molar-refractivity contribution in [2.24, 2.45) is 0 Å². The normalized spacial score (nSPS) is 10.7. The molecule has 0 bridgehead atoms. The first-order valence-electron chi connectivity index (χ1n) is 8.26. The van der Waals surface area contributed by atoms with Crippen molar-refractivity contribution in [1.29, 1.82) is 5.26 Å². The van der Waals surface area contributed by atoms with Crippen LogP contribution in [0.2, 0.25) is 0 Å². The number of hydrogen-bond donors (Lipinski definition) is 1. The van der Waals surface area contributed by atoms with Crippen LogP contribution >= 0.6 is 0 Å². The highest BCUT2D eigenvalue weighted by molar-refractivity contribution is 6.00. The van der Waals surface area contributed by atoms with Crippen LogP contribution in [0.4, 0.5) is 5.69 Å². The number of esters is 1. The first-order valence-corrected chi connectivity index (χ1v) is 8.26. The summed E-state index contributed by atoms with van der Waals surface area (Å²) < 4.78 is 4.96. The minimum atomic E-state index is -0.827. The molecular formula is C21H20N2O3. The third-order valence-corrected chi connectivity index (χ3v) is 3.74. The Morgan fingerprint density at radius 1 is 1.15 bits per heavy atom. The van der Waals surface area contributed by atoms with Gasteiger partial charge in [-0.2, -0.15) is 5.26 Å². The Morgan fingerprint density at radius 2 is 1.85 bits per heavy atom. The molecule has 5 heteroatoms. The van der Waals surface area contributed by atoms with Crippen molar-refractivity contribution < 1.29 is 14.3 Å². The van der Waals surface area contributed by atoms with Crippen LogP contribution in [-0.4, -0.2) is 18.5 Å². The van der Waals surface area contributed by atoms with Crippen LogP contribution in [0.3, 0.4) is 0 Å². The fraction of sp³-hybridized carbons (Fsp3) is 0.190. The number of carbonyl (C=O) groups excluding carboxylic acids is 2. The van der Waals surface area contributed by atoms with E-state index in [1.807, 2.05) is 50.2 Å². The number of para-hydroxylation sites is 1. The lowest BCUT2D eigenvalue weighted by atomic mass is 10.1. The second kappa shape index (κ2) is 9.19. The van der Waals surface area contributed by atoms with Crippen LogP contribution < -0.4 is 5.32 Å². The Balaban J connectivity index is 1.97. The number of nitrogens with one attached hydrogen (secondary N) is 1. The lowest BCUT2D eigenvalue weighted by Crippen LogP contribution is -2.22. The first kappa shape index (κ1) is 18.9. The summed E-state index contributed by atoms with van der Waals surface area (Å²) in [7, 11) is 0. The lowest BCUT2D eigenvalue weighted by Gasteiger charge is -2.09. The van der Waals surface area contributed by atoms with Crippen LogP contribution in [0.15, 0.2) is 54.1 Å². The average Bonchev–Trinajstić information content (AvgIpc) is 2.66. The molecule has 1 N–H and O–H groups in total. The number of hydrogen-bond acceptors (Lipinski definition) is 4. The number of nitrogens with zero attached hydrogens (tertiary/aromatic N) is 1. The van der Waals surface area contributed by atoms with Crippen molar-refractivity contribution in [2.75, 3.05) is 11.9 Å². The predicted molar refractivity (Wildman–Crippen MR) is 100 cm³/mol. The van der Waals surface area contributed by atoms with Gasteiger partial charge in [0.25, 0.3) is 5.91 Å². The largest absolute Gasteiger partial charge is 0.451 e. The van der Waals surface area contributed by atoms with Crippen LogP contribution in [0.1, 0.15) is 23.6 Å². The second-order valence-corrected chi connectivity index (χ2v) is 5.72. The van der Waals surface area contributed by atoms with E-state index in [4.69, 9.17) is 10.00 Å². The molecule has 0 unspecified atom stereocenters. The molecule has 132 valence electrons. The Bertz CT molecular complexity index is 862. The highest BCUT2D eigenvalue weighted by Gasteiger charge is 2.14. The fourth-order valence-electron chi connectivity index (χ4n) is 2.31. The average molecular weight is 348 g/mol. The fourth-order valence-corrected chi connectivity index (χ4v) is 2.31. The lowest BCUT2D eigenvalue weighted by molar-refractivity contribution is -0.142. The predicted octanol–water partition coefficient (Wildman–Crippen LogP) is 3.65. The Kier molecular flexibility index (Phi) is 6.69. The molecule has 0 heterocycles. The molecule has 0 aliphatic carbocycles. The number of ether oxygens (including phenoxy) is 1. The van der Waals surface area contributed by atoms with Gasteiger partial charge in [0.2, 0.25) is 0 Å². The standard InChI is InChI=1S/C21H20N2O3/c1-3-17-6-4-5-7-19(17)23-20(24)14-26-21(25)18(13-22)12-16-10-8-15(2)9-11-16/h4-12H,3,14H2,1-2H3,(H,23,24)/b18-12+. The SMILES string of the molecule is CCc1ccccc1NC(=O)COC(=O)/C(C#N)=C/c1ccc(C)cc1. The van der Waals surface area contributed by atoms with E-state index < -0.39 is 18.5 Å². The van der Waals surface area contributed by atoms with Gasteiger partial charge in [-0.1, -0.05) is 55.0 Å². The number of carbonyl (C=O) groups is 2. The van der Waals surface area contributed by atoms with Gasteiger partial charge in [0.1, 0.15) is 11.6 Å². The van der Waals surface area contributed by atoms with Crippen LogP contribution in [-0.2, 0) is 20.7 Å². The summed E-state index contributed by atoms with van der Waals surface area (Å²) in [5.41, 5.74) is 3.31. The molecule has 2 aromatic rings. The number of anilines is 1. The third kappa shape index (κ3) is 5.32. The summed E-state index contributed by atoms with van der Waals surface area (Å²) in [6.07, 6.45) is 2.21. The van der Waals surface area contributed by atoms with E-state index in [0.717, 1.165) is 17.5 Å². The minimum Gasteiger partial charge on any atom is -0.451 e. The van der Waals surface area contributed by atoms with Crippen molar-refractivity contribution in [3.63, 3.8) is 0 Å². The van der Waals surface area contributed by atoms with Crippen molar-refractivity contribution in [1.82, 2.24) is 0 Å². The maximum absolute atomic E-state index is 12.0. The number of amides is 1. The van der Waals surface area contributed by atoms with E-state index in [1.165, 1.54) is 6.08 Å². The zero-order valence-corrected chi connectivity index (χ0v) is 14.8. The van der Waals surface area contributed by atoms with E-state index in [0.29, 0.717) is 11.3 Å². The zero-order valence-electron chi connectivity index (χ0n) is 14.8. The maximum atomic E-state index is 12.0. The van der Waals surface area contributed by atoms with E-state index in [2.05, 4.69) is 5.32 Å². The van der Waals surface area contributed by atoms with Crippen LogP contribution in [0.5, 0.6) is 0 Å². The van der Waals surface area contributed by atoms with Gasteiger partial charge in [-0.3, -0.25) is 4.79 Å². The van der Waals surface area contributed by atoms with Crippen LogP contribution in [0.25, 0.3) is 6.08 Å². The summed E-state index contributed by atoms with van der Waals surface area (Å²) in [4.78, 5) is 24.0. The summed E-state index contributed by atoms with van der Waals surface area (Å²) in [5, 5.41) is 11.9.